The Balaban J connectivity index is 1.64. The highest BCUT2D eigenvalue weighted by Crippen LogP contribution is 2.32. The Hall–Kier alpha value is -1.88. The average molecular weight is 343 g/mol. The van der Waals surface area contributed by atoms with Crippen molar-refractivity contribution in [2.24, 2.45) is 0 Å². The van der Waals surface area contributed by atoms with Crippen LogP contribution in [0.4, 0.5) is 5.69 Å². The number of carbonyl (C=O) groups excluding carboxylic acids is 2. The van der Waals surface area contributed by atoms with Gasteiger partial charge in [-0.1, -0.05) is 24.6 Å². The molecule has 0 bridgehead atoms. The Bertz CT molecular complexity index is 646. The summed E-state index contributed by atoms with van der Waals surface area (Å²) >= 11 is 0. The second-order valence-electron chi connectivity index (χ2n) is 7.42. The number of hydrogen-bond acceptors (Lipinski definition) is 3. The van der Waals surface area contributed by atoms with Crippen LogP contribution >= 0.6 is 0 Å². The number of carbonyl (C=O) groups is 2. The van der Waals surface area contributed by atoms with Gasteiger partial charge in [0.2, 0.25) is 11.8 Å². The van der Waals surface area contributed by atoms with Crippen molar-refractivity contribution >= 4 is 17.5 Å². The minimum atomic E-state index is -0.399. The lowest BCUT2D eigenvalue weighted by atomic mass is 10.00. The van der Waals surface area contributed by atoms with Gasteiger partial charge in [-0.05, 0) is 44.5 Å². The van der Waals surface area contributed by atoms with Crippen LogP contribution in [0.1, 0.15) is 38.2 Å². The minimum Gasteiger partial charge on any atom is -0.344 e. The van der Waals surface area contributed by atoms with E-state index in [0.717, 1.165) is 30.8 Å². The van der Waals surface area contributed by atoms with E-state index in [1.54, 1.807) is 11.8 Å². The molecule has 0 aromatic heterocycles. The van der Waals surface area contributed by atoms with Crippen LogP contribution in [0.25, 0.3) is 0 Å². The smallest absolute Gasteiger partial charge is 0.245 e. The highest BCUT2D eigenvalue weighted by atomic mass is 16.2. The van der Waals surface area contributed by atoms with E-state index in [-0.39, 0.29) is 11.8 Å². The third-order valence-corrected chi connectivity index (χ3v) is 5.70. The molecule has 5 heteroatoms. The number of likely N-dealkylation sites (tertiary alicyclic amines) is 1. The standard InChI is InChI=1S/C20H29N3O2/c1-15(24)23-18-10-5-4-8-16(18)14-19(23)20(25)22(3)13-11-17-9-6-7-12-21(17)2/h4-5,8,10,17,19H,6-7,9,11-14H2,1-3H3/t17?,19-/m0/s1. The number of rotatable bonds is 4. The first-order valence-electron chi connectivity index (χ1n) is 9.32. The number of benzene rings is 1. The zero-order chi connectivity index (χ0) is 18.0. The van der Waals surface area contributed by atoms with Crippen molar-refractivity contribution in [2.45, 2.75) is 51.1 Å². The van der Waals surface area contributed by atoms with Gasteiger partial charge in [-0.2, -0.15) is 0 Å². The minimum absolute atomic E-state index is 0.0462. The van der Waals surface area contributed by atoms with Crippen molar-refractivity contribution in [3.05, 3.63) is 29.8 Å². The molecule has 1 saturated heterocycles. The zero-order valence-electron chi connectivity index (χ0n) is 15.6. The molecule has 0 saturated carbocycles. The number of likely N-dealkylation sites (N-methyl/N-ethyl adjacent to an activating group) is 1. The van der Waals surface area contributed by atoms with Gasteiger partial charge < -0.3 is 9.80 Å². The molecule has 2 aliphatic heterocycles. The van der Waals surface area contributed by atoms with Crippen LogP contribution < -0.4 is 4.90 Å². The topological polar surface area (TPSA) is 43.9 Å². The molecule has 2 amide bonds. The lowest BCUT2D eigenvalue weighted by molar-refractivity contribution is -0.133. The fourth-order valence-corrected chi connectivity index (χ4v) is 4.19. The van der Waals surface area contributed by atoms with Gasteiger partial charge >= 0.3 is 0 Å². The SMILES string of the molecule is CC(=O)N1c2ccccc2C[C@H]1C(=O)N(C)CCC1CCCCN1C. The summed E-state index contributed by atoms with van der Waals surface area (Å²) in [6, 6.07) is 7.99. The number of fused-ring (bicyclic) bond motifs is 1. The number of piperidine rings is 1. The number of anilines is 1. The fourth-order valence-electron chi connectivity index (χ4n) is 4.19. The predicted octanol–water partition coefficient (Wildman–Crippen LogP) is 2.30. The molecule has 0 radical (unpaired) electrons. The zero-order valence-corrected chi connectivity index (χ0v) is 15.6. The normalized spacial score (nSPS) is 23.4. The van der Waals surface area contributed by atoms with Gasteiger partial charge in [0.15, 0.2) is 0 Å². The van der Waals surface area contributed by atoms with Crippen molar-refractivity contribution in [1.82, 2.24) is 9.80 Å². The summed E-state index contributed by atoms with van der Waals surface area (Å²) in [5.74, 6) is -0.0198. The van der Waals surface area contributed by atoms with E-state index in [0.29, 0.717) is 12.5 Å². The predicted molar refractivity (Wildman–Crippen MR) is 99.6 cm³/mol. The van der Waals surface area contributed by atoms with E-state index in [4.69, 9.17) is 0 Å². The highest BCUT2D eigenvalue weighted by molar-refractivity contribution is 6.02. The molecule has 136 valence electrons. The maximum Gasteiger partial charge on any atom is 0.245 e. The van der Waals surface area contributed by atoms with E-state index in [2.05, 4.69) is 11.9 Å². The monoisotopic (exact) mass is 343 g/mol. The Morgan fingerprint density at radius 1 is 1.24 bits per heavy atom. The summed E-state index contributed by atoms with van der Waals surface area (Å²) in [5, 5.41) is 0. The van der Waals surface area contributed by atoms with Gasteiger partial charge in [-0.15, -0.1) is 0 Å². The number of amides is 2. The van der Waals surface area contributed by atoms with Gasteiger partial charge in [0.05, 0.1) is 0 Å². The molecule has 1 fully saturated rings. The molecular formula is C20H29N3O2. The maximum absolute atomic E-state index is 13.0. The molecule has 2 aliphatic rings. The van der Waals surface area contributed by atoms with Crippen LogP contribution in [0.15, 0.2) is 24.3 Å². The second-order valence-corrected chi connectivity index (χ2v) is 7.42. The van der Waals surface area contributed by atoms with E-state index >= 15 is 0 Å². The molecule has 1 aromatic carbocycles. The molecule has 5 nitrogen and oxygen atoms in total. The molecule has 2 atom stereocenters. The molecule has 1 unspecified atom stereocenters. The Kier molecular flexibility index (Phi) is 5.42. The van der Waals surface area contributed by atoms with Crippen molar-refractivity contribution in [3.63, 3.8) is 0 Å². The van der Waals surface area contributed by atoms with E-state index in [9.17, 15) is 9.59 Å². The van der Waals surface area contributed by atoms with E-state index < -0.39 is 6.04 Å². The van der Waals surface area contributed by atoms with Gasteiger partial charge in [0.25, 0.3) is 0 Å². The molecular weight excluding hydrogens is 314 g/mol. The van der Waals surface area contributed by atoms with Crippen molar-refractivity contribution in [2.75, 3.05) is 32.1 Å². The summed E-state index contributed by atoms with van der Waals surface area (Å²) in [4.78, 5) is 31.0. The van der Waals surface area contributed by atoms with Crippen LogP contribution in [0.3, 0.4) is 0 Å². The number of nitrogens with zero attached hydrogens (tertiary/aromatic N) is 3. The molecule has 0 N–H and O–H groups in total. The summed E-state index contributed by atoms with van der Waals surface area (Å²) < 4.78 is 0. The van der Waals surface area contributed by atoms with Gasteiger partial charge in [0, 0.05) is 38.7 Å². The first kappa shape index (κ1) is 17.9. The summed E-state index contributed by atoms with van der Waals surface area (Å²) in [7, 11) is 4.04. The Morgan fingerprint density at radius 2 is 2.00 bits per heavy atom. The third kappa shape index (κ3) is 3.71. The Morgan fingerprint density at radius 3 is 2.72 bits per heavy atom. The maximum atomic E-state index is 13.0. The largest absolute Gasteiger partial charge is 0.344 e. The van der Waals surface area contributed by atoms with E-state index in [1.165, 1.54) is 19.3 Å². The van der Waals surface area contributed by atoms with Crippen LogP contribution in [0, 0.1) is 0 Å². The first-order valence-corrected chi connectivity index (χ1v) is 9.32. The van der Waals surface area contributed by atoms with Crippen molar-refractivity contribution in [1.29, 1.82) is 0 Å². The summed E-state index contributed by atoms with van der Waals surface area (Å²) in [5.41, 5.74) is 1.96. The second kappa shape index (κ2) is 7.56. The first-order chi connectivity index (χ1) is 12.0. The van der Waals surface area contributed by atoms with Crippen molar-refractivity contribution < 1.29 is 9.59 Å². The quantitative estimate of drug-likeness (QED) is 0.843. The van der Waals surface area contributed by atoms with Crippen LogP contribution in [0.2, 0.25) is 0 Å². The van der Waals surface area contributed by atoms with Gasteiger partial charge in [-0.3, -0.25) is 14.5 Å². The summed E-state index contributed by atoms with van der Waals surface area (Å²) in [6.07, 6.45) is 5.38. The molecule has 25 heavy (non-hydrogen) atoms. The third-order valence-electron chi connectivity index (χ3n) is 5.70. The van der Waals surface area contributed by atoms with E-state index in [1.807, 2.05) is 36.2 Å². The fraction of sp³-hybridized carbons (Fsp3) is 0.600. The lowest BCUT2D eigenvalue weighted by Crippen LogP contribution is -2.49. The lowest BCUT2D eigenvalue weighted by Gasteiger charge is -2.34. The number of para-hydroxylation sites is 1. The highest BCUT2D eigenvalue weighted by Gasteiger charge is 2.38. The van der Waals surface area contributed by atoms with Crippen LogP contribution in [0.5, 0.6) is 0 Å². The van der Waals surface area contributed by atoms with Crippen LogP contribution in [-0.4, -0.2) is 60.9 Å². The molecule has 0 aliphatic carbocycles. The average Bonchev–Trinajstić information content (AvgIpc) is 2.99. The van der Waals surface area contributed by atoms with Crippen LogP contribution in [-0.2, 0) is 16.0 Å². The molecule has 1 aromatic rings. The Labute approximate surface area is 150 Å². The molecule has 0 spiro atoms. The van der Waals surface area contributed by atoms with Gasteiger partial charge in [0.1, 0.15) is 6.04 Å². The van der Waals surface area contributed by atoms with Crippen molar-refractivity contribution in [3.8, 4) is 0 Å². The molecule has 2 heterocycles. The van der Waals surface area contributed by atoms with Gasteiger partial charge in [-0.25, -0.2) is 0 Å². The number of hydrogen-bond donors (Lipinski definition) is 0. The summed E-state index contributed by atoms with van der Waals surface area (Å²) in [6.45, 7) is 3.43. The molecule has 3 rings (SSSR count).